The van der Waals surface area contributed by atoms with Gasteiger partial charge in [0.05, 0.1) is 0 Å². The second kappa shape index (κ2) is 5.27. The highest BCUT2D eigenvalue weighted by atomic mass is 15.3. The largest absolute Gasteiger partial charge is 0.369 e. The normalized spacial score (nSPS) is 19.8. The molecule has 0 radical (unpaired) electrons. The molecule has 0 amide bonds. The summed E-state index contributed by atoms with van der Waals surface area (Å²) >= 11 is 0. The maximum atomic E-state index is 5.69. The number of nitrogens with zero attached hydrogens (tertiary/aromatic N) is 3. The Morgan fingerprint density at radius 2 is 1.88 bits per heavy atom. The summed E-state index contributed by atoms with van der Waals surface area (Å²) < 4.78 is 0. The molecule has 0 bridgehead atoms. The molecule has 1 fully saturated rings. The van der Waals surface area contributed by atoms with Crippen LogP contribution in [0.15, 0.2) is 24.5 Å². The lowest BCUT2D eigenvalue weighted by atomic mass is 10.2. The molecule has 4 nitrogen and oxygen atoms in total. The van der Waals surface area contributed by atoms with Crippen LogP contribution in [0.4, 0.5) is 5.69 Å². The predicted octanol–water partition coefficient (Wildman–Crippen LogP) is 0.551. The lowest BCUT2D eigenvalue weighted by Gasteiger charge is -2.38. The van der Waals surface area contributed by atoms with Crippen LogP contribution < -0.4 is 10.6 Å². The van der Waals surface area contributed by atoms with E-state index in [4.69, 9.17) is 5.73 Å². The van der Waals surface area contributed by atoms with Gasteiger partial charge < -0.3 is 10.6 Å². The molecule has 1 saturated heterocycles. The third kappa shape index (κ3) is 2.51. The summed E-state index contributed by atoms with van der Waals surface area (Å²) in [5.41, 5.74) is 6.96. The molecule has 2 heterocycles. The van der Waals surface area contributed by atoms with Gasteiger partial charge in [-0.1, -0.05) is 0 Å². The number of hydrogen-bond acceptors (Lipinski definition) is 4. The first kappa shape index (κ1) is 11.4. The fourth-order valence-corrected chi connectivity index (χ4v) is 2.12. The van der Waals surface area contributed by atoms with Gasteiger partial charge in [-0.05, 0) is 19.1 Å². The van der Waals surface area contributed by atoms with E-state index in [9.17, 15) is 0 Å². The molecule has 16 heavy (non-hydrogen) atoms. The van der Waals surface area contributed by atoms with Crippen LogP contribution >= 0.6 is 0 Å². The summed E-state index contributed by atoms with van der Waals surface area (Å²) in [6.07, 6.45) is 3.70. The molecule has 0 spiro atoms. The van der Waals surface area contributed by atoms with Crippen molar-refractivity contribution < 1.29 is 0 Å². The van der Waals surface area contributed by atoms with Crippen LogP contribution in [0.2, 0.25) is 0 Å². The van der Waals surface area contributed by atoms with E-state index in [0.717, 1.165) is 32.7 Å². The molecule has 1 aliphatic heterocycles. The van der Waals surface area contributed by atoms with Crippen LogP contribution in [0.1, 0.15) is 6.92 Å². The second-order valence-electron chi connectivity index (χ2n) is 4.31. The zero-order chi connectivity index (χ0) is 11.4. The first-order chi connectivity index (χ1) is 7.81. The Balaban J connectivity index is 1.91. The average Bonchev–Trinajstić information content (AvgIpc) is 2.39. The van der Waals surface area contributed by atoms with Gasteiger partial charge in [0.15, 0.2) is 0 Å². The third-order valence-electron chi connectivity index (χ3n) is 3.31. The van der Waals surface area contributed by atoms with Gasteiger partial charge in [-0.25, -0.2) is 0 Å². The Morgan fingerprint density at radius 3 is 2.44 bits per heavy atom. The molecule has 1 aromatic rings. The summed E-state index contributed by atoms with van der Waals surface area (Å²) in [6.45, 7) is 7.29. The smallest absolute Gasteiger partial charge is 0.0397 e. The highest BCUT2D eigenvalue weighted by molar-refractivity contribution is 5.44. The van der Waals surface area contributed by atoms with E-state index in [1.54, 1.807) is 0 Å². The van der Waals surface area contributed by atoms with Crippen LogP contribution in [0, 0.1) is 0 Å². The third-order valence-corrected chi connectivity index (χ3v) is 3.31. The molecular formula is C12H20N4. The van der Waals surface area contributed by atoms with Crippen LogP contribution in [0.5, 0.6) is 0 Å². The number of pyridine rings is 1. The molecular weight excluding hydrogens is 200 g/mol. The number of anilines is 1. The minimum atomic E-state index is 0.500. The van der Waals surface area contributed by atoms with Gasteiger partial charge in [0.1, 0.15) is 0 Å². The summed E-state index contributed by atoms with van der Waals surface area (Å²) in [5, 5.41) is 0. The molecule has 0 saturated carbocycles. The van der Waals surface area contributed by atoms with Crippen molar-refractivity contribution in [2.45, 2.75) is 13.0 Å². The molecule has 1 atom stereocenters. The minimum absolute atomic E-state index is 0.500. The van der Waals surface area contributed by atoms with Crippen molar-refractivity contribution in [3.63, 3.8) is 0 Å². The average molecular weight is 220 g/mol. The van der Waals surface area contributed by atoms with Crippen molar-refractivity contribution in [2.75, 3.05) is 37.6 Å². The fraction of sp³-hybridized carbons (Fsp3) is 0.583. The molecule has 2 rings (SSSR count). The molecule has 0 aliphatic carbocycles. The van der Waals surface area contributed by atoms with Gasteiger partial charge in [0.2, 0.25) is 0 Å². The molecule has 88 valence electrons. The van der Waals surface area contributed by atoms with Gasteiger partial charge in [-0.3, -0.25) is 9.88 Å². The van der Waals surface area contributed by atoms with Crippen molar-refractivity contribution in [1.82, 2.24) is 9.88 Å². The van der Waals surface area contributed by atoms with E-state index in [1.807, 2.05) is 12.4 Å². The fourth-order valence-electron chi connectivity index (χ4n) is 2.12. The molecule has 0 aromatic carbocycles. The Labute approximate surface area is 97.1 Å². The zero-order valence-corrected chi connectivity index (χ0v) is 9.84. The first-order valence-corrected chi connectivity index (χ1v) is 5.90. The monoisotopic (exact) mass is 220 g/mol. The Bertz CT molecular complexity index is 306. The maximum Gasteiger partial charge on any atom is 0.0397 e. The molecule has 4 heteroatoms. The van der Waals surface area contributed by atoms with Crippen LogP contribution in [-0.4, -0.2) is 48.6 Å². The van der Waals surface area contributed by atoms with Crippen molar-refractivity contribution in [1.29, 1.82) is 0 Å². The second-order valence-corrected chi connectivity index (χ2v) is 4.31. The van der Waals surface area contributed by atoms with Gasteiger partial charge in [0.25, 0.3) is 0 Å². The predicted molar refractivity (Wildman–Crippen MR) is 66.5 cm³/mol. The van der Waals surface area contributed by atoms with E-state index in [-0.39, 0.29) is 0 Å². The molecule has 1 aliphatic rings. The Hall–Kier alpha value is -1.13. The number of hydrogen-bond donors (Lipinski definition) is 1. The first-order valence-electron chi connectivity index (χ1n) is 5.90. The van der Waals surface area contributed by atoms with Crippen LogP contribution in [0.3, 0.4) is 0 Å². The summed E-state index contributed by atoms with van der Waals surface area (Å²) in [5.74, 6) is 0. The summed E-state index contributed by atoms with van der Waals surface area (Å²) in [4.78, 5) is 8.90. The Morgan fingerprint density at radius 1 is 1.25 bits per heavy atom. The van der Waals surface area contributed by atoms with Crippen molar-refractivity contribution in [3.05, 3.63) is 24.5 Å². The van der Waals surface area contributed by atoms with E-state index in [2.05, 4.69) is 33.8 Å². The number of aromatic nitrogens is 1. The quantitative estimate of drug-likeness (QED) is 0.808. The molecule has 1 aromatic heterocycles. The lowest BCUT2D eigenvalue weighted by molar-refractivity contribution is 0.201. The van der Waals surface area contributed by atoms with E-state index in [0.29, 0.717) is 6.04 Å². The van der Waals surface area contributed by atoms with Gasteiger partial charge in [0, 0.05) is 56.8 Å². The van der Waals surface area contributed by atoms with Crippen LogP contribution in [0.25, 0.3) is 0 Å². The summed E-state index contributed by atoms with van der Waals surface area (Å²) in [6, 6.07) is 4.64. The van der Waals surface area contributed by atoms with Crippen LogP contribution in [-0.2, 0) is 0 Å². The van der Waals surface area contributed by atoms with E-state index >= 15 is 0 Å². The van der Waals surface area contributed by atoms with Crippen molar-refractivity contribution in [2.24, 2.45) is 5.73 Å². The molecule has 1 unspecified atom stereocenters. The van der Waals surface area contributed by atoms with Crippen molar-refractivity contribution >= 4 is 5.69 Å². The minimum Gasteiger partial charge on any atom is -0.369 e. The summed E-state index contributed by atoms with van der Waals surface area (Å²) in [7, 11) is 0. The van der Waals surface area contributed by atoms with Gasteiger partial charge >= 0.3 is 0 Å². The number of nitrogens with two attached hydrogens (primary N) is 1. The lowest BCUT2D eigenvalue weighted by Crippen LogP contribution is -2.51. The highest BCUT2D eigenvalue weighted by Crippen LogP contribution is 2.15. The van der Waals surface area contributed by atoms with Gasteiger partial charge in [-0.15, -0.1) is 0 Å². The highest BCUT2D eigenvalue weighted by Gasteiger charge is 2.20. The number of piperazine rings is 1. The van der Waals surface area contributed by atoms with E-state index < -0.39 is 0 Å². The standard InChI is InChI=1S/C12H20N4/c1-11(10-13)15-6-8-16(9-7-15)12-2-4-14-5-3-12/h2-5,11H,6-10,13H2,1H3. The van der Waals surface area contributed by atoms with Gasteiger partial charge in [-0.2, -0.15) is 0 Å². The number of rotatable bonds is 3. The molecule has 2 N–H and O–H groups in total. The van der Waals surface area contributed by atoms with Crippen molar-refractivity contribution in [3.8, 4) is 0 Å². The maximum absolute atomic E-state index is 5.69. The van der Waals surface area contributed by atoms with E-state index in [1.165, 1.54) is 5.69 Å². The zero-order valence-electron chi connectivity index (χ0n) is 9.84. The topological polar surface area (TPSA) is 45.4 Å². The Kier molecular flexibility index (Phi) is 3.74. The SMILES string of the molecule is CC(CN)N1CCN(c2ccncc2)CC1.